The second-order valence-corrected chi connectivity index (χ2v) is 7.10. The summed E-state index contributed by atoms with van der Waals surface area (Å²) < 4.78 is 0. The highest BCUT2D eigenvalue weighted by Crippen LogP contribution is 2.33. The van der Waals surface area contributed by atoms with Crippen LogP contribution >= 0.6 is 23.2 Å². The van der Waals surface area contributed by atoms with E-state index in [0.717, 1.165) is 25.8 Å². The Morgan fingerprint density at radius 2 is 1.96 bits per heavy atom. The summed E-state index contributed by atoms with van der Waals surface area (Å²) >= 11 is 11.9. The Kier molecular flexibility index (Phi) is 5.45. The van der Waals surface area contributed by atoms with E-state index in [1.54, 1.807) is 18.2 Å². The molecule has 2 heterocycles. The minimum absolute atomic E-state index is 0.0898. The van der Waals surface area contributed by atoms with Gasteiger partial charge in [0, 0.05) is 12.6 Å². The van der Waals surface area contributed by atoms with E-state index in [-0.39, 0.29) is 30.9 Å². The zero-order chi connectivity index (χ0) is 17.3. The fraction of sp³-hybridized carbons (Fsp3) is 0.529. The number of amides is 2. The van der Waals surface area contributed by atoms with E-state index in [1.165, 1.54) is 4.90 Å². The lowest BCUT2D eigenvalue weighted by Crippen LogP contribution is -2.50. The highest BCUT2D eigenvalue weighted by molar-refractivity contribution is 6.42. The minimum atomic E-state index is -0.455. The summed E-state index contributed by atoms with van der Waals surface area (Å²) in [6.45, 7) is 0.871. The van der Waals surface area contributed by atoms with E-state index in [0.29, 0.717) is 22.2 Å². The average molecular weight is 371 g/mol. The molecule has 7 heteroatoms. The number of hydrogen-bond acceptors (Lipinski definition) is 4. The third kappa shape index (κ3) is 3.31. The minimum Gasteiger partial charge on any atom is -0.396 e. The number of benzene rings is 1. The zero-order valence-corrected chi connectivity index (χ0v) is 14.8. The van der Waals surface area contributed by atoms with E-state index in [9.17, 15) is 14.7 Å². The molecule has 2 aliphatic heterocycles. The molecule has 0 spiro atoms. The van der Waals surface area contributed by atoms with Crippen molar-refractivity contribution in [1.29, 1.82) is 0 Å². The van der Waals surface area contributed by atoms with Gasteiger partial charge in [-0.05, 0) is 44.0 Å². The molecule has 1 aromatic rings. The lowest BCUT2D eigenvalue weighted by molar-refractivity contribution is -0.123. The fourth-order valence-corrected chi connectivity index (χ4v) is 3.95. The maximum absolute atomic E-state index is 12.9. The van der Waals surface area contributed by atoms with Gasteiger partial charge in [-0.2, -0.15) is 0 Å². The van der Waals surface area contributed by atoms with Crippen molar-refractivity contribution in [2.45, 2.75) is 44.2 Å². The van der Waals surface area contributed by atoms with Crippen LogP contribution in [0, 0.1) is 0 Å². The summed E-state index contributed by atoms with van der Waals surface area (Å²) in [6.07, 6.45) is 3.84. The van der Waals surface area contributed by atoms with Crippen LogP contribution < -0.4 is 4.90 Å². The van der Waals surface area contributed by atoms with Crippen LogP contribution in [-0.4, -0.2) is 47.1 Å². The number of anilines is 1. The van der Waals surface area contributed by atoms with E-state index in [1.807, 2.05) is 0 Å². The highest BCUT2D eigenvalue weighted by atomic mass is 35.5. The molecule has 2 atom stereocenters. The summed E-state index contributed by atoms with van der Waals surface area (Å²) in [6, 6.07) is 4.46. The van der Waals surface area contributed by atoms with Crippen LogP contribution in [0.15, 0.2) is 18.2 Å². The van der Waals surface area contributed by atoms with Gasteiger partial charge in [0.05, 0.1) is 28.2 Å². The number of halogens is 2. The SMILES string of the molecule is O=C1C[C@H](N2CCCC[C@@H]2CCO)C(=O)N1c1ccc(Cl)c(Cl)c1. The maximum atomic E-state index is 12.9. The van der Waals surface area contributed by atoms with Crippen LogP contribution in [0.3, 0.4) is 0 Å². The Labute approximate surface area is 151 Å². The van der Waals surface area contributed by atoms with Crippen LogP contribution in [0.5, 0.6) is 0 Å². The van der Waals surface area contributed by atoms with Crippen LogP contribution in [-0.2, 0) is 9.59 Å². The van der Waals surface area contributed by atoms with Gasteiger partial charge < -0.3 is 5.11 Å². The molecule has 2 fully saturated rings. The van der Waals surface area contributed by atoms with Crippen LogP contribution in [0.1, 0.15) is 32.1 Å². The van der Waals surface area contributed by atoms with Gasteiger partial charge in [-0.15, -0.1) is 0 Å². The van der Waals surface area contributed by atoms with Gasteiger partial charge in [-0.25, -0.2) is 4.90 Å². The molecule has 24 heavy (non-hydrogen) atoms. The van der Waals surface area contributed by atoms with Gasteiger partial charge in [0.2, 0.25) is 5.91 Å². The molecular formula is C17H20Cl2N2O3. The van der Waals surface area contributed by atoms with Crippen molar-refractivity contribution in [3.05, 3.63) is 28.2 Å². The molecule has 130 valence electrons. The van der Waals surface area contributed by atoms with Gasteiger partial charge >= 0.3 is 0 Å². The lowest BCUT2D eigenvalue weighted by Gasteiger charge is -2.38. The highest BCUT2D eigenvalue weighted by Gasteiger charge is 2.45. The van der Waals surface area contributed by atoms with Crippen molar-refractivity contribution in [1.82, 2.24) is 4.90 Å². The Bertz CT molecular complexity index is 651. The molecule has 2 saturated heterocycles. The number of piperidine rings is 1. The quantitative estimate of drug-likeness (QED) is 0.827. The van der Waals surface area contributed by atoms with Gasteiger partial charge in [0.1, 0.15) is 0 Å². The molecule has 0 bridgehead atoms. The van der Waals surface area contributed by atoms with E-state index in [4.69, 9.17) is 23.2 Å². The number of hydrogen-bond donors (Lipinski definition) is 1. The summed E-state index contributed by atoms with van der Waals surface area (Å²) in [5.41, 5.74) is 0.456. The Hall–Kier alpha value is -1.14. The van der Waals surface area contributed by atoms with Crippen molar-refractivity contribution >= 4 is 40.7 Å². The Balaban J connectivity index is 1.84. The third-order valence-electron chi connectivity index (χ3n) is 4.82. The predicted molar refractivity (Wildman–Crippen MR) is 93.4 cm³/mol. The largest absolute Gasteiger partial charge is 0.396 e. The maximum Gasteiger partial charge on any atom is 0.251 e. The van der Waals surface area contributed by atoms with E-state index >= 15 is 0 Å². The average Bonchev–Trinajstić information content (AvgIpc) is 2.86. The predicted octanol–water partition coefficient (Wildman–Crippen LogP) is 2.86. The lowest BCUT2D eigenvalue weighted by atomic mass is 9.97. The number of aliphatic hydroxyl groups is 1. The van der Waals surface area contributed by atoms with Crippen LogP contribution in [0.4, 0.5) is 5.69 Å². The number of likely N-dealkylation sites (tertiary alicyclic amines) is 1. The zero-order valence-electron chi connectivity index (χ0n) is 13.3. The second kappa shape index (κ2) is 7.40. The van der Waals surface area contributed by atoms with Crippen LogP contribution in [0.25, 0.3) is 0 Å². The first-order chi connectivity index (χ1) is 11.5. The first-order valence-electron chi connectivity index (χ1n) is 8.21. The third-order valence-corrected chi connectivity index (χ3v) is 5.56. The van der Waals surface area contributed by atoms with Crippen LogP contribution in [0.2, 0.25) is 10.0 Å². The van der Waals surface area contributed by atoms with Gasteiger partial charge in [-0.1, -0.05) is 29.6 Å². The van der Waals surface area contributed by atoms with Crippen molar-refractivity contribution in [3.8, 4) is 0 Å². The molecule has 1 aromatic carbocycles. The van der Waals surface area contributed by atoms with Crippen molar-refractivity contribution in [3.63, 3.8) is 0 Å². The van der Waals surface area contributed by atoms with Crippen molar-refractivity contribution in [2.24, 2.45) is 0 Å². The van der Waals surface area contributed by atoms with E-state index in [2.05, 4.69) is 4.90 Å². The number of carbonyl (C=O) groups is 2. The first kappa shape index (κ1) is 17.7. The summed E-state index contributed by atoms with van der Waals surface area (Å²) in [4.78, 5) is 28.6. The molecule has 0 aliphatic carbocycles. The summed E-state index contributed by atoms with van der Waals surface area (Å²) in [5, 5.41) is 9.97. The number of carbonyl (C=O) groups excluding carboxylic acids is 2. The normalized spacial score (nSPS) is 25.5. The smallest absolute Gasteiger partial charge is 0.251 e. The molecule has 3 rings (SSSR count). The monoisotopic (exact) mass is 370 g/mol. The Morgan fingerprint density at radius 3 is 2.67 bits per heavy atom. The van der Waals surface area contributed by atoms with Crippen molar-refractivity contribution in [2.75, 3.05) is 18.1 Å². The van der Waals surface area contributed by atoms with Crippen molar-refractivity contribution < 1.29 is 14.7 Å². The van der Waals surface area contributed by atoms with E-state index < -0.39 is 6.04 Å². The first-order valence-corrected chi connectivity index (χ1v) is 8.97. The van der Waals surface area contributed by atoms with Gasteiger partial charge in [0.15, 0.2) is 0 Å². The summed E-state index contributed by atoms with van der Waals surface area (Å²) in [7, 11) is 0. The van der Waals surface area contributed by atoms with Gasteiger partial charge in [0.25, 0.3) is 5.91 Å². The molecular weight excluding hydrogens is 351 g/mol. The number of imide groups is 1. The Morgan fingerprint density at radius 1 is 1.17 bits per heavy atom. The molecule has 5 nitrogen and oxygen atoms in total. The molecule has 0 aromatic heterocycles. The molecule has 2 amide bonds. The standard InChI is InChI=1S/C17H20Cl2N2O3/c18-13-5-4-12(9-14(13)19)21-16(23)10-15(17(21)24)20-7-2-1-3-11(20)6-8-22/h4-5,9,11,15,22H,1-3,6-8,10H2/t11-,15+/m1/s1. The fourth-order valence-electron chi connectivity index (χ4n) is 3.66. The number of rotatable bonds is 4. The molecule has 0 unspecified atom stereocenters. The molecule has 2 aliphatic rings. The van der Waals surface area contributed by atoms with Gasteiger partial charge in [-0.3, -0.25) is 14.5 Å². The number of nitrogens with zero attached hydrogens (tertiary/aromatic N) is 2. The molecule has 0 radical (unpaired) electrons. The molecule has 1 N–H and O–H groups in total. The second-order valence-electron chi connectivity index (χ2n) is 6.29. The summed E-state index contributed by atoms with van der Waals surface area (Å²) in [5.74, 6) is -0.445. The number of aliphatic hydroxyl groups excluding tert-OH is 1. The molecule has 0 saturated carbocycles. The topological polar surface area (TPSA) is 60.9 Å².